The summed E-state index contributed by atoms with van der Waals surface area (Å²) < 4.78 is 5.91. The first kappa shape index (κ1) is 30.3. The second-order valence-corrected chi connectivity index (χ2v) is 10.1. The summed E-state index contributed by atoms with van der Waals surface area (Å²) in [7, 11) is -2.28. The van der Waals surface area contributed by atoms with Crippen molar-refractivity contribution in [2.24, 2.45) is 0 Å². The minimum Gasteiger partial charge on any atom is -0.328 e. The molecule has 0 fully saturated rings. The summed E-state index contributed by atoms with van der Waals surface area (Å²) in [4.78, 5) is 19.5. The first-order chi connectivity index (χ1) is 14.6. The minimum absolute atomic E-state index is 0.311. The zero-order valence-electron chi connectivity index (χ0n) is 20.8. The molecule has 0 aliphatic rings. The molecule has 0 unspecified atom stereocenters. The van der Waals surface area contributed by atoms with Crippen LogP contribution in [0.2, 0.25) is 0 Å². The number of hydrogen-bond acceptors (Lipinski definition) is 3. The molecule has 0 atom stereocenters. The van der Waals surface area contributed by atoms with Gasteiger partial charge in [0.2, 0.25) is 0 Å². The van der Waals surface area contributed by atoms with Gasteiger partial charge in [-0.1, -0.05) is 143 Å². The third-order valence-corrected chi connectivity index (χ3v) is 7.03. The maximum Gasteiger partial charge on any atom is 0.327 e. The van der Waals surface area contributed by atoms with Crippen LogP contribution in [0, 0.1) is 0 Å². The third-order valence-electron chi connectivity index (χ3n) is 6.48. The summed E-state index contributed by atoms with van der Waals surface area (Å²) in [5, 5.41) is 0. The molecule has 3 nitrogen and oxygen atoms in total. The molecule has 0 aliphatic heterocycles. The topological polar surface area (TPSA) is 49.7 Å². The Morgan fingerprint density at radius 2 is 0.733 bits per heavy atom. The van der Waals surface area contributed by atoms with Gasteiger partial charge >= 0.3 is 8.60 Å². The number of unbranched alkanes of at least 4 members (excludes halogenated alkanes) is 16. The van der Waals surface area contributed by atoms with Crippen molar-refractivity contribution in [2.45, 2.75) is 168 Å². The van der Waals surface area contributed by atoms with E-state index in [4.69, 9.17) is 4.52 Å². The van der Waals surface area contributed by atoms with E-state index in [-0.39, 0.29) is 5.60 Å². The van der Waals surface area contributed by atoms with Crippen LogP contribution in [0.4, 0.5) is 0 Å². The summed E-state index contributed by atoms with van der Waals surface area (Å²) in [6.45, 7) is 6.77. The maximum absolute atomic E-state index is 9.73. The highest BCUT2D eigenvalue weighted by Gasteiger charge is 2.32. The predicted molar refractivity (Wildman–Crippen MR) is 134 cm³/mol. The van der Waals surface area contributed by atoms with Crippen LogP contribution in [-0.2, 0) is 4.52 Å². The monoisotopic (exact) mass is 446 g/mol. The molecule has 0 spiro atoms. The van der Waals surface area contributed by atoms with Crippen LogP contribution in [-0.4, -0.2) is 15.4 Å². The van der Waals surface area contributed by atoms with E-state index in [1.807, 2.05) is 0 Å². The van der Waals surface area contributed by atoms with Crippen LogP contribution in [0.1, 0.15) is 162 Å². The molecular weight excluding hydrogens is 391 g/mol. The Balaban J connectivity index is 4.56. The highest BCUT2D eigenvalue weighted by molar-refractivity contribution is 7.39. The fourth-order valence-electron chi connectivity index (χ4n) is 4.54. The molecular formula is C26H55O3P. The van der Waals surface area contributed by atoms with Crippen LogP contribution >= 0.6 is 8.60 Å². The van der Waals surface area contributed by atoms with Gasteiger partial charge in [0.25, 0.3) is 0 Å². The fraction of sp³-hybridized carbons (Fsp3) is 1.00. The molecule has 0 rings (SSSR count). The molecule has 0 saturated carbocycles. The molecule has 0 amide bonds. The van der Waals surface area contributed by atoms with Gasteiger partial charge in [-0.2, -0.15) is 0 Å². The molecule has 0 aromatic rings. The van der Waals surface area contributed by atoms with E-state index in [2.05, 4.69) is 20.8 Å². The van der Waals surface area contributed by atoms with Gasteiger partial charge in [-0.25, -0.2) is 0 Å². The smallest absolute Gasteiger partial charge is 0.327 e. The Morgan fingerprint density at radius 3 is 1.00 bits per heavy atom. The van der Waals surface area contributed by atoms with Crippen LogP contribution in [0.25, 0.3) is 0 Å². The zero-order chi connectivity index (χ0) is 22.3. The van der Waals surface area contributed by atoms with E-state index in [0.29, 0.717) is 0 Å². The lowest BCUT2D eigenvalue weighted by molar-refractivity contribution is 0.0219. The lowest BCUT2D eigenvalue weighted by Gasteiger charge is -2.34. The molecule has 0 saturated heterocycles. The van der Waals surface area contributed by atoms with Gasteiger partial charge in [-0.05, 0) is 19.3 Å². The standard InChI is InChI=1S/C26H55O3P/c1-4-7-10-13-16-19-22-25-26(29-30(27)28,23-20-17-14-11-8-5-2)24-21-18-15-12-9-6-3/h27-28H,4-25H2,1-3H3. The molecule has 0 heterocycles. The summed E-state index contributed by atoms with van der Waals surface area (Å²) >= 11 is 0. The maximum atomic E-state index is 9.73. The van der Waals surface area contributed by atoms with Gasteiger partial charge in [-0.15, -0.1) is 0 Å². The van der Waals surface area contributed by atoms with Crippen molar-refractivity contribution in [3.05, 3.63) is 0 Å². The Morgan fingerprint density at radius 1 is 0.467 bits per heavy atom. The van der Waals surface area contributed by atoms with Gasteiger partial charge in [0, 0.05) is 0 Å². The normalized spacial score (nSPS) is 12.2. The molecule has 2 N–H and O–H groups in total. The van der Waals surface area contributed by atoms with E-state index in [9.17, 15) is 9.79 Å². The van der Waals surface area contributed by atoms with Crippen molar-refractivity contribution < 1.29 is 14.3 Å². The van der Waals surface area contributed by atoms with Crippen LogP contribution in [0.15, 0.2) is 0 Å². The van der Waals surface area contributed by atoms with E-state index in [1.165, 1.54) is 103 Å². The first-order valence-corrected chi connectivity index (χ1v) is 14.6. The first-order valence-electron chi connectivity index (χ1n) is 13.5. The molecule has 30 heavy (non-hydrogen) atoms. The lowest BCUT2D eigenvalue weighted by Crippen LogP contribution is -2.31. The largest absolute Gasteiger partial charge is 0.328 e. The summed E-state index contributed by atoms with van der Waals surface area (Å²) in [5.74, 6) is 0. The van der Waals surface area contributed by atoms with E-state index in [0.717, 1.165) is 38.5 Å². The summed E-state index contributed by atoms with van der Waals surface area (Å²) in [5.41, 5.74) is -0.311. The van der Waals surface area contributed by atoms with Crippen molar-refractivity contribution in [1.82, 2.24) is 0 Å². The SMILES string of the molecule is CCCCCCCCCC(CCCCCCCC)(CCCCCCCC)OP(O)O. The molecule has 0 aromatic carbocycles. The van der Waals surface area contributed by atoms with Crippen molar-refractivity contribution in [3.8, 4) is 0 Å². The van der Waals surface area contributed by atoms with Crippen molar-refractivity contribution >= 4 is 8.60 Å². The second kappa shape index (κ2) is 22.5. The van der Waals surface area contributed by atoms with Gasteiger partial charge in [0.05, 0.1) is 5.60 Å². The Bertz CT molecular complexity index is 320. The van der Waals surface area contributed by atoms with Crippen LogP contribution in [0.5, 0.6) is 0 Å². The Hall–Kier alpha value is 0.310. The highest BCUT2D eigenvalue weighted by Crippen LogP contribution is 2.42. The molecule has 182 valence electrons. The molecule has 0 aliphatic carbocycles. The van der Waals surface area contributed by atoms with Crippen LogP contribution in [0.3, 0.4) is 0 Å². The number of hydrogen-bond donors (Lipinski definition) is 2. The molecule has 0 aromatic heterocycles. The highest BCUT2D eigenvalue weighted by atomic mass is 31.2. The Labute approximate surface area is 190 Å². The van der Waals surface area contributed by atoms with Gasteiger partial charge < -0.3 is 14.3 Å². The average molecular weight is 447 g/mol. The van der Waals surface area contributed by atoms with Crippen LogP contribution < -0.4 is 0 Å². The fourth-order valence-corrected chi connectivity index (χ4v) is 5.16. The Kier molecular flexibility index (Phi) is 22.7. The van der Waals surface area contributed by atoms with Gasteiger partial charge in [0.1, 0.15) is 0 Å². The van der Waals surface area contributed by atoms with E-state index >= 15 is 0 Å². The second-order valence-electron chi connectivity index (χ2n) is 9.43. The number of rotatable bonds is 24. The zero-order valence-corrected chi connectivity index (χ0v) is 21.7. The van der Waals surface area contributed by atoms with Gasteiger partial charge in [-0.3, -0.25) is 0 Å². The summed E-state index contributed by atoms with van der Waals surface area (Å²) in [6.07, 6.45) is 27.3. The van der Waals surface area contributed by atoms with E-state index < -0.39 is 8.60 Å². The molecule has 0 bridgehead atoms. The van der Waals surface area contributed by atoms with Crippen molar-refractivity contribution in [2.75, 3.05) is 0 Å². The lowest BCUT2D eigenvalue weighted by atomic mass is 9.85. The molecule has 0 radical (unpaired) electrons. The summed E-state index contributed by atoms with van der Waals surface area (Å²) in [6, 6.07) is 0. The third kappa shape index (κ3) is 19.0. The van der Waals surface area contributed by atoms with Crippen molar-refractivity contribution in [1.29, 1.82) is 0 Å². The van der Waals surface area contributed by atoms with E-state index in [1.54, 1.807) is 0 Å². The minimum atomic E-state index is -2.28. The predicted octanol–water partition coefficient (Wildman–Crippen LogP) is 9.60. The van der Waals surface area contributed by atoms with Crippen molar-refractivity contribution in [3.63, 3.8) is 0 Å². The quantitative estimate of drug-likeness (QED) is 0.115. The van der Waals surface area contributed by atoms with Gasteiger partial charge in [0.15, 0.2) is 0 Å². The molecule has 4 heteroatoms. The average Bonchev–Trinajstić information content (AvgIpc) is 2.72.